The van der Waals surface area contributed by atoms with Gasteiger partial charge in [0.05, 0.1) is 0 Å². The number of hydrogen-bond donors (Lipinski definition) is 0. The van der Waals surface area contributed by atoms with Gasteiger partial charge < -0.3 is 4.74 Å². The Morgan fingerprint density at radius 2 is 2.00 bits per heavy atom. The van der Waals surface area contributed by atoms with E-state index < -0.39 is 0 Å². The fourth-order valence-corrected chi connectivity index (χ4v) is 1.19. The van der Waals surface area contributed by atoms with Crippen LogP contribution in [0.4, 0.5) is 0 Å². The SMILES string of the molecule is COCC(=O)[C@@H](C)c1ccccc1. The van der Waals surface area contributed by atoms with Crippen molar-refractivity contribution in [1.82, 2.24) is 0 Å². The Morgan fingerprint density at radius 3 is 2.54 bits per heavy atom. The smallest absolute Gasteiger partial charge is 0.165 e. The van der Waals surface area contributed by atoms with Crippen molar-refractivity contribution in [2.75, 3.05) is 13.7 Å². The highest BCUT2D eigenvalue weighted by molar-refractivity contribution is 5.86. The highest BCUT2D eigenvalue weighted by atomic mass is 16.5. The van der Waals surface area contributed by atoms with Crippen molar-refractivity contribution >= 4 is 5.78 Å². The van der Waals surface area contributed by atoms with Crippen LogP contribution in [0.15, 0.2) is 30.3 Å². The van der Waals surface area contributed by atoms with Crippen LogP contribution in [0.1, 0.15) is 18.4 Å². The molecule has 0 N–H and O–H groups in total. The number of rotatable bonds is 4. The van der Waals surface area contributed by atoms with Gasteiger partial charge in [-0.05, 0) is 5.56 Å². The maximum Gasteiger partial charge on any atom is 0.165 e. The molecule has 1 rings (SSSR count). The van der Waals surface area contributed by atoms with E-state index in [-0.39, 0.29) is 18.3 Å². The fourth-order valence-electron chi connectivity index (χ4n) is 1.19. The lowest BCUT2D eigenvalue weighted by Gasteiger charge is -2.09. The van der Waals surface area contributed by atoms with Crippen molar-refractivity contribution in [1.29, 1.82) is 0 Å². The molecule has 0 saturated carbocycles. The quantitative estimate of drug-likeness (QED) is 0.705. The lowest BCUT2D eigenvalue weighted by Crippen LogP contribution is -2.14. The number of ketones is 1. The Kier molecular flexibility index (Phi) is 3.65. The minimum atomic E-state index is -0.0684. The molecule has 2 heteroatoms. The first-order valence-corrected chi connectivity index (χ1v) is 4.32. The number of methoxy groups -OCH3 is 1. The predicted molar refractivity (Wildman–Crippen MR) is 51.7 cm³/mol. The van der Waals surface area contributed by atoms with Crippen LogP contribution < -0.4 is 0 Å². The van der Waals surface area contributed by atoms with E-state index >= 15 is 0 Å². The number of hydrogen-bond acceptors (Lipinski definition) is 2. The molecule has 0 aliphatic carbocycles. The summed E-state index contributed by atoms with van der Waals surface area (Å²) in [5.41, 5.74) is 1.05. The maximum absolute atomic E-state index is 11.4. The highest BCUT2D eigenvalue weighted by Crippen LogP contribution is 2.15. The Bertz CT molecular complexity index is 267. The second-order valence-corrected chi connectivity index (χ2v) is 3.03. The van der Waals surface area contributed by atoms with Gasteiger partial charge in [-0.25, -0.2) is 0 Å². The third kappa shape index (κ3) is 2.67. The topological polar surface area (TPSA) is 26.3 Å². The predicted octanol–water partition coefficient (Wildman–Crippen LogP) is 2.01. The van der Waals surface area contributed by atoms with E-state index in [1.807, 2.05) is 37.3 Å². The van der Waals surface area contributed by atoms with Gasteiger partial charge in [0.2, 0.25) is 0 Å². The van der Waals surface area contributed by atoms with Crippen molar-refractivity contribution in [3.63, 3.8) is 0 Å². The molecule has 0 spiro atoms. The molecular formula is C11H14O2. The summed E-state index contributed by atoms with van der Waals surface area (Å²) >= 11 is 0. The van der Waals surface area contributed by atoms with Crippen molar-refractivity contribution < 1.29 is 9.53 Å². The normalized spacial score (nSPS) is 12.5. The van der Waals surface area contributed by atoms with Crippen LogP contribution in [0, 0.1) is 0 Å². The third-order valence-corrected chi connectivity index (χ3v) is 2.07. The molecule has 0 fully saturated rings. The van der Waals surface area contributed by atoms with Crippen LogP contribution in [0.3, 0.4) is 0 Å². The Morgan fingerprint density at radius 1 is 1.38 bits per heavy atom. The zero-order valence-corrected chi connectivity index (χ0v) is 7.99. The molecule has 1 atom stereocenters. The molecule has 0 aromatic heterocycles. The first-order chi connectivity index (χ1) is 6.25. The van der Waals surface area contributed by atoms with Gasteiger partial charge in [0, 0.05) is 13.0 Å². The minimum absolute atomic E-state index is 0.0684. The molecule has 0 aliphatic heterocycles. The lowest BCUT2D eigenvalue weighted by molar-refractivity contribution is -0.123. The van der Waals surface area contributed by atoms with E-state index in [0.29, 0.717) is 0 Å². The molecule has 0 bridgehead atoms. The monoisotopic (exact) mass is 178 g/mol. The summed E-state index contributed by atoms with van der Waals surface area (Å²) in [6, 6.07) is 9.73. The van der Waals surface area contributed by atoms with Gasteiger partial charge in [-0.1, -0.05) is 37.3 Å². The summed E-state index contributed by atoms with van der Waals surface area (Å²) in [4.78, 5) is 11.4. The summed E-state index contributed by atoms with van der Waals surface area (Å²) < 4.78 is 4.80. The second-order valence-electron chi connectivity index (χ2n) is 3.03. The summed E-state index contributed by atoms with van der Waals surface area (Å²) in [6.45, 7) is 2.09. The number of carbonyl (C=O) groups is 1. The van der Waals surface area contributed by atoms with Gasteiger partial charge in [-0.3, -0.25) is 4.79 Å². The number of ether oxygens (including phenoxy) is 1. The van der Waals surface area contributed by atoms with Crippen molar-refractivity contribution in [2.45, 2.75) is 12.8 Å². The Labute approximate surface area is 78.5 Å². The Hall–Kier alpha value is -1.15. The summed E-state index contributed by atoms with van der Waals surface area (Å²) in [5, 5.41) is 0. The van der Waals surface area contributed by atoms with Crippen LogP contribution in [-0.4, -0.2) is 19.5 Å². The molecular weight excluding hydrogens is 164 g/mol. The van der Waals surface area contributed by atoms with Crippen molar-refractivity contribution in [3.8, 4) is 0 Å². The zero-order valence-electron chi connectivity index (χ0n) is 7.99. The van der Waals surface area contributed by atoms with Crippen LogP contribution >= 0.6 is 0 Å². The van der Waals surface area contributed by atoms with Gasteiger partial charge in [0.25, 0.3) is 0 Å². The first kappa shape index (κ1) is 9.93. The third-order valence-electron chi connectivity index (χ3n) is 2.07. The molecule has 0 unspecified atom stereocenters. The Balaban J connectivity index is 2.68. The summed E-state index contributed by atoms with van der Waals surface area (Å²) in [5.74, 6) is 0.0508. The van der Waals surface area contributed by atoms with E-state index in [0.717, 1.165) is 5.56 Å². The van der Waals surface area contributed by atoms with Crippen molar-refractivity contribution in [2.24, 2.45) is 0 Å². The average Bonchev–Trinajstić information content (AvgIpc) is 2.18. The molecule has 1 aromatic carbocycles. The minimum Gasteiger partial charge on any atom is -0.377 e. The van der Waals surface area contributed by atoms with Gasteiger partial charge in [-0.2, -0.15) is 0 Å². The van der Waals surface area contributed by atoms with E-state index in [1.54, 1.807) is 0 Å². The average molecular weight is 178 g/mol. The van der Waals surface area contributed by atoms with E-state index in [2.05, 4.69) is 0 Å². The number of carbonyl (C=O) groups excluding carboxylic acids is 1. The molecule has 0 radical (unpaired) electrons. The molecule has 0 aliphatic rings. The molecule has 2 nitrogen and oxygen atoms in total. The summed E-state index contributed by atoms with van der Waals surface area (Å²) in [7, 11) is 1.54. The first-order valence-electron chi connectivity index (χ1n) is 4.32. The second kappa shape index (κ2) is 4.77. The van der Waals surface area contributed by atoms with Crippen LogP contribution in [0.5, 0.6) is 0 Å². The van der Waals surface area contributed by atoms with E-state index in [4.69, 9.17) is 4.74 Å². The number of Topliss-reactive ketones (excluding diaryl/α,β-unsaturated/α-hetero) is 1. The fraction of sp³-hybridized carbons (Fsp3) is 0.364. The van der Waals surface area contributed by atoms with Crippen LogP contribution in [0.2, 0.25) is 0 Å². The van der Waals surface area contributed by atoms with Gasteiger partial charge >= 0.3 is 0 Å². The number of benzene rings is 1. The standard InChI is InChI=1S/C11H14O2/c1-9(11(12)8-13-2)10-6-4-3-5-7-10/h3-7,9H,8H2,1-2H3/t9-/m0/s1. The molecule has 0 saturated heterocycles. The summed E-state index contributed by atoms with van der Waals surface area (Å²) in [6.07, 6.45) is 0. The molecule has 13 heavy (non-hydrogen) atoms. The van der Waals surface area contributed by atoms with E-state index in [9.17, 15) is 4.79 Å². The zero-order chi connectivity index (χ0) is 9.68. The highest BCUT2D eigenvalue weighted by Gasteiger charge is 2.13. The molecule has 70 valence electrons. The molecule has 0 amide bonds. The van der Waals surface area contributed by atoms with Crippen molar-refractivity contribution in [3.05, 3.63) is 35.9 Å². The largest absolute Gasteiger partial charge is 0.377 e. The van der Waals surface area contributed by atoms with Gasteiger partial charge in [-0.15, -0.1) is 0 Å². The lowest BCUT2D eigenvalue weighted by atomic mass is 9.97. The van der Waals surface area contributed by atoms with Crippen LogP contribution in [0.25, 0.3) is 0 Å². The van der Waals surface area contributed by atoms with Gasteiger partial charge in [0.15, 0.2) is 5.78 Å². The molecule has 1 aromatic rings. The van der Waals surface area contributed by atoms with Gasteiger partial charge in [0.1, 0.15) is 6.61 Å². The van der Waals surface area contributed by atoms with Crippen LogP contribution in [-0.2, 0) is 9.53 Å². The van der Waals surface area contributed by atoms with E-state index in [1.165, 1.54) is 7.11 Å². The molecule has 0 heterocycles. The maximum atomic E-state index is 11.4.